The van der Waals surface area contributed by atoms with Crippen molar-refractivity contribution in [1.29, 1.82) is 0 Å². The fourth-order valence-electron chi connectivity index (χ4n) is 2.75. The molecular formula is C14H21F6N. The van der Waals surface area contributed by atoms with Crippen LogP contribution in [0.1, 0.15) is 45.4 Å². The van der Waals surface area contributed by atoms with Gasteiger partial charge in [-0.3, -0.25) is 0 Å². The molecule has 0 bridgehead atoms. The second-order valence-corrected chi connectivity index (χ2v) is 5.33. The van der Waals surface area contributed by atoms with Crippen LogP contribution in [-0.2, 0) is 0 Å². The molecule has 0 saturated carbocycles. The summed E-state index contributed by atoms with van der Waals surface area (Å²) in [5.41, 5.74) is 0.246. The largest absolute Gasteiger partial charge is 0.402 e. The minimum absolute atomic E-state index is 0.0602. The summed E-state index contributed by atoms with van der Waals surface area (Å²) < 4.78 is 77.6. The van der Waals surface area contributed by atoms with Crippen LogP contribution in [0.25, 0.3) is 0 Å². The lowest BCUT2D eigenvalue weighted by atomic mass is 9.86. The van der Waals surface area contributed by atoms with E-state index in [0.29, 0.717) is 19.3 Å². The van der Waals surface area contributed by atoms with E-state index in [4.69, 9.17) is 0 Å². The highest BCUT2D eigenvalue weighted by Crippen LogP contribution is 2.44. The van der Waals surface area contributed by atoms with Gasteiger partial charge in [-0.05, 0) is 32.2 Å². The molecule has 1 rings (SSSR count). The number of alkyl halides is 6. The van der Waals surface area contributed by atoms with Crippen molar-refractivity contribution in [3.05, 3.63) is 11.6 Å². The van der Waals surface area contributed by atoms with Gasteiger partial charge in [-0.1, -0.05) is 31.4 Å². The van der Waals surface area contributed by atoms with Crippen LogP contribution >= 0.6 is 0 Å². The van der Waals surface area contributed by atoms with Crippen LogP contribution in [0.15, 0.2) is 11.6 Å². The van der Waals surface area contributed by atoms with Gasteiger partial charge in [0.1, 0.15) is 0 Å². The molecule has 0 saturated heterocycles. The maximum absolute atomic E-state index is 12.9. The summed E-state index contributed by atoms with van der Waals surface area (Å²) in [7, 11) is 0. The van der Waals surface area contributed by atoms with Gasteiger partial charge in [-0.2, -0.15) is 26.3 Å². The van der Waals surface area contributed by atoms with Gasteiger partial charge in [-0.25, -0.2) is 0 Å². The predicted molar refractivity (Wildman–Crippen MR) is 68.8 cm³/mol. The van der Waals surface area contributed by atoms with Crippen molar-refractivity contribution in [3.8, 4) is 0 Å². The molecule has 1 unspecified atom stereocenters. The standard InChI is InChI=1S/C14H21F6N/c1-2-21-11(10-8-6-4-3-5-7-9-10)12(13(15,16)17)14(18,19)20/h8,11-12,21H,2-7,9H2,1H3. The Morgan fingerprint density at radius 1 is 1.00 bits per heavy atom. The van der Waals surface area contributed by atoms with E-state index in [1.165, 1.54) is 6.92 Å². The van der Waals surface area contributed by atoms with Crippen molar-refractivity contribution in [2.45, 2.75) is 63.8 Å². The van der Waals surface area contributed by atoms with Gasteiger partial charge >= 0.3 is 12.4 Å². The summed E-state index contributed by atoms with van der Waals surface area (Å²) in [5, 5.41) is 2.41. The van der Waals surface area contributed by atoms with Crippen LogP contribution in [0.5, 0.6) is 0 Å². The van der Waals surface area contributed by atoms with E-state index in [-0.39, 0.29) is 12.1 Å². The molecule has 0 aromatic carbocycles. The molecule has 0 fully saturated rings. The topological polar surface area (TPSA) is 12.0 Å². The van der Waals surface area contributed by atoms with Crippen molar-refractivity contribution < 1.29 is 26.3 Å². The number of halogens is 6. The molecule has 1 aliphatic carbocycles. The lowest BCUT2D eigenvalue weighted by Crippen LogP contribution is -2.52. The quantitative estimate of drug-likeness (QED) is 0.569. The molecule has 1 aliphatic rings. The Labute approximate surface area is 120 Å². The van der Waals surface area contributed by atoms with E-state index in [0.717, 1.165) is 19.3 Å². The SMILES string of the molecule is CCNC(C1=CCCCCCC1)C(C(F)(F)F)C(F)(F)F. The first-order chi connectivity index (χ1) is 9.68. The Balaban J connectivity index is 3.11. The van der Waals surface area contributed by atoms with Crippen molar-refractivity contribution in [2.75, 3.05) is 6.54 Å². The Bertz CT molecular complexity index is 330. The van der Waals surface area contributed by atoms with Crippen LogP contribution in [0.2, 0.25) is 0 Å². The van der Waals surface area contributed by atoms with E-state index in [9.17, 15) is 26.3 Å². The molecule has 1 N–H and O–H groups in total. The lowest BCUT2D eigenvalue weighted by Gasteiger charge is -2.33. The van der Waals surface area contributed by atoms with Gasteiger partial charge in [0.15, 0.2) is 5.92 Å². The Morgan fingerprint density at radius 2 is 1.57 bits per heavy atom. The lowest BCUT2D eigenvalue weighted by molar-refractivity contribution is -0.289. The fraction of sp³-hybridized carbons (Fsp3) is 0.857. The summed E-state index contributed by atoms with van der Waals surface area (Å²) in [5.74, 6) is -3.35. The van der Waals surface area contributed by atoms with E-state index >= 15 is 0 Å². The summed E-state index contributed by atoms with van der Waals surface area (Å²) in [6, 6.07) is -1.71. The zero-order valence-electron chi connectivity index (χ0n) is 11.9. The number of allylic oxidation sites excluding steroid dienone is 1. The molecule has 0 aliphatic heterocycles. The van der Waals surface area contributed by atoms with Crippen LogP contribution in [0.4, 0.5) is 26.3 Å². The average molecular weight is 317 g/mol. The molecule has 0 radical (unpaired) electrons. The number of nitrogens with one attached hydrogen (secondary N) is 1. The molecule has 7 heteroatoms. The molecule has 1 atom stereocenters. The molecule has 0 amide bonds. The monoisotopic (exact) mass is 317 g/mol. The van der Waals surface area contributed by atoms with Gasteiger partial charge in [-0.15, -0.1) is 0 Å². The van der Waals surface area contributed by atoms with Crippen LogP contribution < -0.4 is 5.32 Å². The third kappa shape index (κ3) is 5.52. The molecule has 0 aromatic heterocycles. The summed E-state index contributed by atoms with van der Waals surface area (Å²) in [6.45, 7) is 1.57. The average Bonchev–Trinajstić information content (AvgIpc) is 2.24. The summed E-state index contributed by atoms with van der Waals surface area (Å²) >= 11 is 0. The van der Waals surface area contributed by atoms with Crippen molar-refractivity contribution >= 4 is 0 Å². The van der Waals surface area contributed by atoms with Gasteiger partial charge < -0.3 is 5.32 Å². The first-order valence-corrected chi connectivity index (χ1v) is 7.23. The van der Waals surface area contributed by atoms with E-state index < -0.39 is 24.3 Å². The second kappa shape index (κ2) is 7.51. The fourth-order valence-corrected chi connectivity index (χ4v) is 2.75. The Kier molecular flexibility index (Phi) is 6.56. The van der Waals surface area contributed by atoms with E-state index in [1.54, 1.807) is 6.08 Å². The first-order valence-electron chi connectivity index (χ1n) is 7.23. The smallest absolute Gasteiger partial charge is 0.310 e. The number of hydrogen-bond donors (Lipinski definition) is 1. The number of hydrogen-bond acceptors (Lipinski definition) is 1. The highest BCUT2D eigenvalue weighted by Gasteiger charge is 2.60. The summed E-state index contributed by atoms with van der Waals surface area (Å²) in [4.78, 5) is 0. The maximum Gasteiger partial charge on any atom is 0.402 e. The number of rotatable bonds is 4. The number of likely N-dealkylation sites (N-methyl/N-ethyl adjacent to an activating group) is 1. The highest BCUT2D eigenvalue weighted by atomic mass is 19.4. The Morgan fingerprint density at radius 3 is 2.10 bits per heavy atom. The Hall–Kier alpha value is -0.720. The minimum Gasteiger partial charge on any atom is -0.310 e. The van der Waals surface area contributed by atoms with E-state index in [1.807, 2.05) is 0 Å². The van der Waals surface area contributed by atoms with Crippen molar-refractivity contribution in [2.24, 2.45) is 5.92 Å². The van der Waals surface area contributed by atoms with Crippen LogP contribution in [0, 0.1) is 5.92 Å². The third-order valence-electron chi connectivity index (χ3n) is 3.69. The normalized spacial score (nSPS) is 19.9. The molecular weight excluding hydrogens is 296 g/mol. The van der Waals surface area contributed by atoms with Crippen LogP contribution in [0.3, 0.4) is 0 Å². The van der Waals surface area contributed by atoms with Crippen molar-refractivity contribution in [3.63, 3.8) is 0 Å². The highest BCUT2D eigenvalue weighted by molar-refractivity contribution is 5.15. The molecule has 0 heterocycles. The molecule has 21 heavy (non-hydrogen) atoms. The van der Waals surface area contributed by atoms with Crippen LogP contribution in [-0.4, -0.2) is 24.9 Å². The maximum atomic E-state index is 12.9. The first kappa shape index (κ1) is 18.3. The van der Waals surface area contributed by atoms with Gasteiger partial charge in [0.25, 0.3) is 0 Å². The van der Waals surface area contributed by atoms with Gasteiger partial charge in [0, 0.05) is 6.04 Å². The van der Waals surface area contributed by atoms with E-state index in [2.05, 4.69) is 5.32 Å². The molecule has 1 nitrogen and oxygen atoms in total. The zero-order valence-corrected chi connectivity index (χ0v) is 11.9. The summed E-state index contributed by atoms with van der Waals surface area (Å²) in [6.07, 6.45) is -4.96. The zero-order chi connectivity index (χ0) is 16.1. The van der Waals surface area contributed by atoms with Crippen molar-refractivity contribution in [1.82, 2.24) is 5.32 Å². The minimum atomic E-state index is -5.31. The molecule has 124 valence electrons. The van der Waals surface area contributed by atoms with Gasteiger partial charge in [0.05, 0.1) is 0 Å². The second-order valence-electron chi connectivity index (χ2n) is 5.33. The third-order valence-corrected chi connectivity index (χ3v) is 3.69. The molecule has 0 spiro atoms. The predicted octanol–water partition coefficient (Wildman–Crippen LogP) is 4.99. The molecule has 0 aromatic rings. The van der Waals surface area contributed by atoms with Gasteiger partial charge in [0.2, 0.25) is 0 Å².